The zero-order valence-corrected chi connectivity index (χ0v) is 18.3. The molecule has 1 aliphatic rings. The van der Waals surface area contributed by atoms with E-state index in [4.69, 9.17) is 11.2 Å². The van der Waals surface area contributed by atoms with E-state index in [9.17, 15) is 17.6 Å². The van der Waals surface area contributed by atoms with E-state index in [0.29, 0.717) is 18.8 Å². The lowest BCUT2D eigenvalue weighted by atomic mass is 10.1. The first kappa shape index (κ1) is 23.2. The number of pyridine rings is 1. The zero-order valence-electron chi connectivity index (χ0n) is 17.5. The highest BCUT2D eigenvalue weighted by molar-refractivity contribution is 7.92. The monoisotopic (exact) mass is 458 g/mol. The Labute approximate surface area is 186 Å². The van der Waals surface area contributed by atoms with Crippen LogP contribution in [0.25, 0.3) is 6.08 Å². The Bertz CT molecular complexity index is 1170. The fourth-order valence-electron chi connectivity index (χ4n) is 3.16. The van der Waals surface area contributed by atoms with E-state index in [2.05, 4.69) is 25.8 Å². The van der Waals surface area contributed by atoms with Crippen LogP contribution in [0.15, 0.2) is 36.5 Å². The van der Waals surface area contributed by atoms with E-state index >= 15 is 0 Å². The summed E-state index contributed by atoms with van der Waals surface area (Å²) in [6.07, 6.45) is 11.0. The average Bonchev–Trinajstić information content (AvgIpc) is 2.77. The first-order valence-electron chi connectivity index (χ1n) is 9.77. The van der Waals surface area contributed by atoms with Gasteiger partial charge in [0.2, 0.25) is 15.9 Å². The lowest BCUT2D eigenvalue weighted by Gasteiger charge is -2.28. The van der Waals surface area contributed by atoms with Gasteiger partial charge in [-0.3, -0.25) is 9.52 Å². The van der Waals surface area contributed by atoms with Gasteiger partial charge in [-0.15, -0.1) is 6.42 Å². The van der Waals surface area contributed by atoms with Crippen molar-refractivity contribution in [3.8, 4) is 12.3 Å². The Balaban J connectivity index is 1.67. The van der Waals surface area contributed by atoms with Crippen molar-refractivity contribution in [3.63, 3.8) is 0 Å². The van der Waals surface area contributed by atoms with Crippen molar-refractivity contribution < 1.29 is 22.3 Å². The minimum atomic E-state index is -3.70. The van der Waals surface area contributed by atoms with E-state index in [1.54, 1.807) is 18.3 Å². The number of amides is 1. The minimum absolute atomic E-state index is 0.0112. The van der Waals surface area contributed by atoms with Gasteiger partial charge in [0.05, 0.1) is 30.7 Å². The molecule has 2 heterocycles. The summed E-state index contributed by atoms with van der Waals surface area (Å²) in [5.41, 5.74) is 0.936. The van der Waals surface area contributed by atoms with Gasteiger partial charge >= 0.3 is 0 Å². The van der Waals surface area contributed by atoms with E-state index < -0.39 is 15.8 Å². The van der Waals surface area contributed by atoms with Crippen LogP contribution in [0.3, 0.4) is 0 Å². The normalized spacial score (nSPS) is 14.2. The van der Waals surface area contributed by atoms with E-state index in [-0.39, 0.29) is 23.7 Å². The first-order valence-corrected chi connectivity index (χ1v) is 11.7. The highest BCUT2D eigenvalue weighted by atomic mass is 32.2. The van der Waals surface area contributed by atoms with Crippen LogP contribution >= 0.6 is 0 Å². The molecular weight excluding hydrogens is 435 g/mol. The van der Waals surface area contributed by atoms with Crippen LogP contribution in [0.1, 0.15) is 16.7 Å². The van der Waals surface area contributed by atoms with E-state index in [1.807, 2.05) is 6.07 Å². The van der Waals surface area contributed by atoms with Gasteiger partial charge in [-0.1, -0.05) is 5.92 Å². The molecule has 168 valence electrons. The van der Waals surface area contributed by atoms with Crippen molar-refractivity contribution in [2.45, 2.75) is 6.54 Å². The molecule has 10 heteroatoms. The van der Waals surface area contributed by atoms with Crippen LogP contribution < -0.4 is 14.9 Å². The van der Waals surface area contributed by atoms with Crippen molar-refractivity contribution in [2.24, 2.45) is 0 Å². The summed E-state index contributed by atoms with van der Waals surface area (Å²) in [7, 11) is -3.70. The maximum atomic E-state index is 14.4. The fourth-order valence-corrected chi connectivity index (χ4v) is 3.74. The second-order valence-electron chi connectivity index (χ2n) is 7.09. The van der Waals surface area contributed by atoms with Crippen LogP contribution in [-0.2, 0) is 26.1 Å². The van der Waals surface area contributed by atoms with Crippen LogP contribution in [0, 0.1) is 18.2 Å². The third kappa shape index (κ3) is 6.29. The van der Waals surface area contributed by atoms with Gasteiger partial charge in [0.1, 0.15) is 11.6 Å². The second-order valence-corrected chi connectivity index (χ2v) is 8.83. The maximum absolute atomic E-state index is 14.4. The Morgan fingerprint density at radius 2 is 2.12 bits per heavy atom. The van der Waals surface area contributed by atoms with Crippen LogP contribution in [-0.4, -0.2) is 51.9 Å². The number of rotatable bonds is 7. The molecule has 0 spiro atoms. The lowest BCUT2D eigenvalue weighted by Crippen LogP contribution is -2.37. The standard InChI is InChI=1S/C22H23FN4O4S/c1-3-17-13-16(14-19(23)21(17)26-32(2,29)30)15-25-20(28)7-6-18-5-4-8-24-22(18)27-9-11-31-12-10-27/h1,4-8,13-14,26H,9-12,15H2,2H3,(H,25,28)/b7-6+. The number of benzene rings is 1. The first-order chi connectivity index (χ1) is 15.3. The molecule has 1 amide bonds. The van der Waals surface area contributed by atoms with Crippen LogP contribution in [0.5, 0.6) is 0 Å². The summed E-state index contributed by atoms with van der Waals surface area (Å²) in [6, 6.07) is 6.22. The van der Waals surface area contributed by atoms with Crippen molar-refractivity contribution in [3.05, 3.63) is 59.0 Å². The lowest BCUT2D eigenvalue weighted by molar-refractivity contribution is -0.116. The number of sulfonamides is 1. The van der Waals surface area contributed by atoms with Gasteiger partial charge in [-0.05, 0) is 35.9 Å². The molecule has 1 saturated heterocycles. The van der Waals surface area contributed by atoms with Crippen molar-refractivity contribution >= 4 is 33.5 Å². The fraction of sp³-hybridized carbons (Fsp3) is 0.273. The third-order valence-corrected chi connectivity index (χ3v) is 5.18. The molecule has 2 N–H and O–H groups in total. The largest absolute Gasteiger partial charge is 0.378 e. The third-order valence-electron chi connectivity index (χ3n) is 4.60. The molecule has 0 unspecified atom stereocenters. The van der Waals surface area contributed by atoms with Gasteiger partial charge < -0.3 is 15.0 Å². The molecule has 0 radical (unpaired) electrons. The van der Waals surface area contributed by atoms with Gasteiger partial charge in [-0.25, -0.2) is 17.8 Å². The van der Waals surface area contributed by atoms with Gasteiger partial charge in [-0.2, -0.15) is 0 Å². The smallest absolute Gasteiger partial charge is 0.244 e. The number of aromatic nitrogens is 1. The number of terminal acetylenes is 1. The summed E-state index contributed by atoms with van der Waals surface area (Å²) in [6.45, 7) is 2.69. The Kier molecular flexibility index (Phi) is 7.45. The minimum Gasteiger partial charge on any atom is -0.378 e. The predicted octanol–water partition coefficient (Wildman–Crippen LogP) is 1.74. The summed E-state index contributed by atoms with van der Waals surface area (Å²) >= 11 is 0. The number of carbonyl (C=O) groups is 1. The number of nitrogens with one attached hydrogen (secondary N) is 2. The maximum Gasteiger partial charge on any atom is 0.244 e. The molecule has 0 aliphatic carbocycles. The molecule has 1 aliphatic heterocycles. The number of anilines is 2. The molecule has 1 fully saturated rings. The van der Waals surface area contributed by atoms with Gasteiger partial charge in [0, 0.05) is 37.5 Å². The zero-order chi connectivity index (χ0) is 23.1. The Hall–Kier alpha value is -3.42. The summed E-state index contributed by atoms with van der Waals surface area (Å²) in [5.74, 6) is 1.82. The topological polar surface area (TPSA) is 101 Å². The number of hydrogen-bond donors (Lipinski definition) is 2. The number of morpholine rings is 1. The summed E-state index contributed by atoms with van der Waals surface area (Å²) in [4.78, 5) is 18.8. The number of ether oxygens (including phenoxy) is 1. The molecule has 2 aromatic rings. The number of halogens is 1. The number of nitrogens with zero attached hydrogens (tertiary/aromatic N) is 2. The predicted molar refractivity (Wildman–Crippen MR) is 121 cm³/mol. The molecule has 3 rings (SSSR count). The molecule has 1 aromatic heterocycles. The van der Waals surface area contributed by atoms with E-state index in [0.717, 1.165) is 36.8 Å². The second kappa shape index (κ2) is 10.3. The SMILES string of the molecule is C#Cc1cc(CNC(=O)/C=C/c2cccnc2N2CCOCC2)cc(F)c1NS(C)(=O)=O. The van der Waals surface area contributed by atoms with Crippen molar-refractivity contribution in [2.75, 3.05) is 42.2 Å². The van der Waals surface area contributed by atoms with Gasteiger partial charge in [0.15, 0.2) is 0 Å². The number of carbonyl (C=O) groups excluding carboxylic acids is 1. The molecule has 0 atom stereocenters. The van der Waals surface area contributed by atoms with Crippen LogP contribution in [0.2, 0.25) is 0 Å². The van der Waals surface area contributed by atoms with Gasteiger partial charge in [0.25, 0.3) is 0 Å². The Morgan fingerprint density at radius 1 is 1.38 bits per heavy atom. The highest BCUT2D eigenvalue weighted by Gasteiger charge is 2.16. The van der Waals surface area contributed by atoms with Crippen LogP contribution in [0.4, 0.5) is 15.9 Å². The van der Waals surface area contributed by atoms with E-state index in [1.165, 1.54) is 12.1 Å². The Morgan fingerprint density at radius 3 is 2.81 bits per heavy atom. The molecule has 32 heavy (non-hydrogen) atoms. The molecule has 0 saturated carbocycles. The highest BCUT2D eigenvalue weighted by Crippen LogP contribution is 2.23. The summed E-state index contributed by atoms with van der Waals surface area (Å²) < 4.78 is 44.6. The molecule has 1 aromatic carbocycles. The molecule has 0 bridgehead atoms. The van der Waals surface area contributed by atoms with Crippen molar-refractivity contribution in [1.82, 2.24) is 10.3 Å². The number of hydrogen-bond acceptors (Lipinski definition) is 6. The molecular formula is C22H23FN4O4S. The average molecular weight is 459 g/mol. The van der Waals surface area contributed by atoms with Crippen molar-refractivity contribution in [1.29, 1.82) is 0 Å². The molecule has 8 nitrogen and oxygen atoms in total. The summed E-state index contributed by atoms with van der Waals surface area (Å²) in [5, 5.41) is 2.66. The quantitative estimate of drug-likeness (QED) is 0.484.